The second-order valence-electron chi connectivity index (χ2n) is 4.55. The third kappa shape index (κ3) is 2.40. The molecule has 0 bridgehead atoms. The highest BCUT2D eigenvalue weighted by atomic mass is 35.5. The Hall–Kier alpha value is -1.38. The molecule has 18 heavy (non-hydrogen) atoms. The Morgan fingerprint density at radius 3 is 2.39 bits per heavy atom. The van der Waals surface area contributed by atoms with Crippen molar-refractivity contribution in [2.75, 3.05) is 0 Å². The molecule has 2 rings (SSSR count). The molecule has 0 aliphatic carbocycles. The van der Waals surface area contributed by atoms with Crippen molar-refractivity contribution >= 4 is 11.6 Å². The molecule has 0 aliphatic heterocycles. The average molecular weight is 265 g/mol. The van der Waals surface area contributed by atoms with Crippen molar-refractivity contribution in [3.63, 3.8) is 0 Å². The zero-order valence-corrected chi connectivity index (χ0v) is 11.0. The monoisotopic (exact) mass is 264 g/mol. The summed E-state index contributed by atoms with van der Waals surface area (Å²) in [5.41, 5.74) is 0.642. The van der Waals surface area contributed by atoms with E-state index in [0.29, 0.717) is 21.7 Å². The van der Waals surface area contributed by atoms with Gasteiger partial charge in [-0.25, -0.2) is 4.39 Å². The standard InChI is InChI=1S/C15H14ClFO/c1-10-8-12(6-7-14(10)17)15(2,18)11-4-3-5-13(16)9-11/h3-9,18H,1-2H3. The molecular weight excluding hydrogens is 251 g/mol. The number of aryl methyl sites for hydroxylation is 1. The van der Waals surface area contributed by atoms with Gasteiger partial charge in [-0.3, -0.25) is 0 Å². The maximum absolute atomic E-state index is 13.3. The Balaban J connectivity index is 2.50. The number of hydrogen-bond acceptors (Lipinski definition) is 1. The van der Waals surface area contributed by atoms with Crippen molar-refractivity contribution in [2.45, 2.75) is 19.4 Å². The minimum absolute atomic E-state index is 0.277. The molecular formula is C15H14ClFO. The van der Waals surface area contributed by atoms with E-state index in [4.69, 9.17) is 11.6 Å². The maximum Gasteiger partial charge on any atom is 0.126 e. The molecule has 0 radical (unpaired) electrons. The molecule has 1 N–H and O–H groups in total. The van der Waals surface area contributed by atoms with Gasteiger partial charge in [0.2, 0.25) is 0 Å². The molecule has 0 aliphatic rings. The summed E-state index contributed by atoms with van der Waals surface area (Å²) in [5.74, 6) is -0.277. The largest absolute Gasteiger partial charge is 0.381 e. The smallest absolute Gasteiger partial charge is 0.126 e. The lowest BCUT2D eigenvalue weighted by molar-refractivity contribution is 0.102. The van der Waals surface area contributed by atoms with Crippen molar-refractivity contribution in [3.8, 4) is 0 Å². The zero-order valence-electron chi connectivity index (χ0n) is 10.2. The summed E-state index contributed by atoms with van der Waals surface area (Å²) in [6, 6.07) is 11.6. The maximum atomic E-state index is 13.3. The summed E-state index contributed by atoms with van der Waals surface area (Å²) in [5, 5.41) is 11.2. The van der Waals surface area contributed by atoms with E-state index in [0.717, 1.165) is 0 Å². The zero-order chi connectivity index (χ0) is 13.3. The van der Waals surface area contributed by atoms with E-state index >= 15 is 0 Å². The first kappa shape index (κ1) is 13.1. The van der Waals surface area contributed by atoms with Gasteiger partial charge in [-0.15, -0.1) is 0 Å². The predicted octanol–water partition coefficient (Wildman–Crippen LogP) is 4.04. The lowest BCUT2D eigenvalue weighted by Gasteiger charge is -2.25. The molecule has 0 spiro atoms. The van der Waals surface area contributed by atoms with Gasteiger partial charge < -0.3 is 5.11 Å². The molecule has 0 fully saturated rings. The fourth-order valence-corrected chi connectivity index (χ4v) is 2.10. The first-order valence-corrected chi connectivity index (χ1v) is 6.04. The van der Waals surface area contributed by atoms with Gasteiger partial charge >= 0.3 is 0 Å². The summed E-state index contributed by atoms with van der Waals surface area (Å²) in [6.45, 7) is 3.35. The number of rotatable bonds is 2. The molecule has 0 heterocycles. The van der Waals surface area contributed by atoms with Crippen molar-refractivity contribution in [1.82, 2.24) is 0 Å². The molecule has 1 unspecified atom stereocenters. The van der Waals surface area contributed by atoms with Crippen LogP contribution in [0.1, 0.15) is 23.6 Å². The van der Waals surface area contributed by atoms with Gasteiger partial charge in [0.05, 0.1) is 0 Å². The van der Waals surface area contributed by atoms with E-state index in [9.17, 15) is 9.50 Å². The van der Waals surface area contributed by atoms with Gasteiger partial charge in [-0.2, -0.15) is 0 Å². The average Bonchev–Trinajstić information content (AvgIpc) is 2.32. The number of halogens is 2. The van der Waals surface area contributed by atoms with Crippen LogP contribution < -0.4 is 0 Å². The van der Waals surface area contributed by atoms with E-state index in [1.807, 2.05) is 0 Å². The summed E-state index contributed by atoms with van der Waals surface area (Å²) >= 11 is 5.92. The molecule has 3 heteroatoms. The van der Waals surface area contributed by atoms with Gasteiger partial charge in [0.15, 0.2) is 0 Å². The van der Waals surface area contributed by atoms with Crippen LogP contribution in [-0.4, -0.2) is 5.11 Å². The lowest BCUT2D eigenvalue weighted by atomic mass is 9.87. The van der Waals surface area contributed by atoms with E-state index < -0.39 is 5.60 Å². The third-order valence-corrected chi connectivity index (χ3v) is 3.34. The molecule has 2 aromatic rings. The van der Waals surface area contributed by atoms with Crippen molar-refractivity contribution in [1.29, 1.82) is 0 Å². The molecule has 1 nitrogen and oxygen atoms in total. The highest BCUT2D eigenvalue weighted by Gasteiger charge is 2.26. The Morgan fingerprint density at radius 2 is 1.78 bits per heavy atom. The molecule has 0 aromatic heterocycles. The van der Waals surface area contributed by atoms with Gasteiger partial charge in [-0.05, 0) is 54.8 Å². The van der Waals surface area contributed by atoms with Gasteiger partial charge in [-0.1, -0.05) is 29.8 Å². The number of hydrogen-bond donors (Lipinski definition) is 1. The lowest BCUT2D eigenvalue weighted by Crippen LogP contribution is -2.22. The summed E-state index contributed by atoms with van der Waals surface area (Å²) in [6.07, 6.45) is 0. The Bertz CT molecular complexity index is 578. The Morgan fingerprint density at radius 1 is 1.11 bits per heavy atom. The fourth-order valence-electron chi connectivity index (χ4n) is 1.91. The van der Waals surface area contributed by atoms with Crippen LogP contribution in [0.3, 0.4) is 0 Å². The highest BCUT2D eigenvalue weighted by Crippen LogP contribution is 2.31. The van der Waals surface area contributed by atoms with Gasteiger partial charge in [0.25, 0.3) is 0 Å². The number of benzene rings is 2. The minimum Gasteiger partial charge on any atom is -0.381 e. The Labute approximate surface area is 111 Å². The summed E-state index contributed by atoms with van der Waals surface area (Å²) in [7, 11) is 0. The van der Waals surface area contributed by atoms with E-state index in [1.54, 1.807) is 50.2 Å². The first-order chi connectivity index (χ1) is 8.41. The van der Waals surface area contributed by atoms with Crippen LogP contribution in [0.5, 0.6) is 0 Å². The SMILES string of the molecule is Cc1cc(C(C)(O)c2cccc(Cl)c2)ccc1F. The van der Waals surface area contributed by atoms with E-state index in [2.05, 4.69) is 0 Å². The molecule has 94 valence electrons. The summed E-state index contributed by atoms with van der Waals surface area (Å²) < 4.78 is 13.3. The van der Waals surface area contributed by atoms with Crippen LogP contribution in [0.2, 0.25) is 5.02 Å². The second-order valence-corrected chi connectivity index (χ2v) is 4.98. The predicted molar refractivity (Wildman–Crippen MR) is 71.3 cm³/mol. The van der Waals surface area contributed by atoms with Crippen LogP contribution >= 0.6 is 11.6 Å². The van der Waals surface area contributed by atoms with E-state index in [-0.39, 0.29) is 5.82 Å². The van der Waals surface area contributed by atoms with Crippen LogP contribution in [0, 0.1) is 12.7 Å². The van der Waals surface area contributed by atoms with Crippen LogP contribution in [-0.2, 0) is 5.60 Å². The van der Waals surface area contributed by atoms with Crippen LogP contribution in [0.4, 0.5) is 4.39 Å². The quantitative estimate of drug-likeness (QED) is 0.868. The molecule has 0 saturated heterocycles. The van der Waals surface area contributed by atoms with Gasteiger partial charge in [0, 0.05) is 5.02 Å². The van der Waals surface area contributed by atoms with Crippen LogP contribution in [0.25, 0.3) is 0 Å². The Kier molecular flexibility index (Phi) is 3.42. The van der Waals surface area contributed by atoms with Crippen molar-refractivity contribution in [2.24, 2.45) is 0 Å². The van der Waals surface area contributed by atoms with E-state index in [1.165, 1.54) is 6.07 Å². The van der Waals surface area contributed by atoms with Crippen molar-refractivity contribution < 1.29 is 9.50 Å². The third-order valence-electron chi connectivity index (χ3n) is 3.11. The molecule has 2 aromatic carbocycles. The summed E-state index contributed by atoms with van der Waals surface area (Å²) in [4.78, 5) is 0. The molecule has 0 saturated carbocycles. The first-order valence-electron chi connectivity index (χ1n) is 5.66. The fraction of sp³-hybridized carbons (Fsp3) is 0.200. The highest BCUT2D eigenvalue weighted by molar-refractivity contribution is 6.30. The van der Waals surface area contributed by atoms with Gasteiger partial charge in [0.1, 0.15) is 11.4 Å². The molecule has 1 atom stereocenters. The minimum atomic E-state index is -1.19. The number of aliphatic hydroxyl groups is 1. The topological polar surface area (TPSA) is 20.2 Å². The molecule has 0 amide bonds. The second kappa shape index (κ2) is 4.71. The normalized spacial score (nSPS) is 14.3. The van der Waals surface area contributed by atoms with Crippen LogP contribution in [0.15, 0.2) is 42.5 Å². The van der Waals surface area contributed by atoms with Crippen molar-refractivity contribution in [3.05, 3.63) is 70.0 Å².